The number of thiazole rings is 1. The predicted molar refractivity (Wildman–Crippen MR) is 79.7 cm³/mol. The predicted octanol–water partition coefficient (Wildman–Crippen LogP) is 3.30. The second-order valence-corrected chi connectivity index (χ2v) is 5.98. The van der Waals surface area contributed by atoms with Gasteiger partial charge >= 0.3 is 0 Å². The monoisotopic (exact) mass is 308 g/mol. The van der Waals surface area contributed by atoms with Crippen molar-refractivity contribution in [1.82, 2.24) is 4.98 Å². The van der Waals surface area contributed by atoms with Crippen molar-refractivity contribution < 1.29 is 14.8 Å². The van der Waals surface area contributed by atoms with Crippen molar-refractivity contribution in [3.8, 4) is 5.75 Å². The van der Waals surface area contributed by atoms with Gasteiger partial charge in [-0.3, -0.25) is 10.1 Å². The summed E-state index contributed by atoms with van der Waals surface area (Å²) in [4.78, 5) is 15.8. The summed E-state index contributed by atoms with van der Waals surface area (Å²) >= 11 is 1.55. The van der Waals surface area contributed by atoms with Crippen LogP contribution in [-0.4, -0.2) is 15.0 Å². The fourth-order valence-corrected chi connectivity index (χ4v) is 2.69. The quantitative estimate of drug-likeness (QED) is 0.676. The van der Waals surface area contributed by atoms with Crippen molar-refractivity contribution in [3.63, 3.8) is 0 Å². The zero-order chi connectivity index (χ0) is 15.6. The van der Waals surface area contributed by atoms with E-state index in [1.807, 2.05) is 13.8 Å². The molecule has 0 fully saturated rings. The van der Waals surface area contributed by atoms with Gasteiger partial charge in [0.25, 0.3) is 5.69 Å². The van der Waals surface area contributed by atoms with Gasteiger partial charge in [-0.25, -0.2) is 4.98 Å². The molecule has 0 saturated heterocycles. The van der Waals surface area contributed by atoms with E-state index < -0.39 is 11.0 Å². The van der Waals surface area contributed by atoms with E-state index in [2.05, 4.69) is 4.98 Å². The van der Waals surface area contributed by atoms with Crippen LogP contribution in [0.3, 0.4) is 0 Å². The minimum absolute atomic E-state index is 0.0702. The minimum atomic E-state index is -0.848. The molecule has 0 amide bonds. The molecule has 112 valence electrons. The fourth-order valence-electron chi connectivity index (χ4n) is 1.85. The normalized spacial score (nSPS) is 12.2. The number of hydrogen-bond acceptors (Lipinski definition) is 6. The number of non-ortho nitro benzene ring substituents is 1. The van der Waals surface area contributed by atoms with E-state index in [-0.39, 0.29) is 12.3 Å². The van der Waals surface area contributed by atoms with Crippen LogP contribution in [0.15, 0.2) is 18.2 Å². The van der Waals surface area contributed by atoms with Crippen molar-refractivity contribution in [2.75, 3.05) is 0 Å². The van der Waals surface area contributed by atoms with Crippen LogP contribution in [0.1, 0.15) is 34.2 Å². The van der Waals surface area contributed by atoms with Gasteiger partial charge in [0.05, 0.1) is 16.7 Å². The molecule has 2 aromatic rings. The van der Waals surface area contributed by atoms with Gasteiger partial charge in [-0.15, -0.1) is 11.3 Å². The lowest BCUT2D eigenvalue weighted by Gasteiger charge is -2.12. The Bertz CT molecular complexity index is 647. The number of aromatic nitrogens is 1. The van der Waals surface area contributed by atoms with Crippen LogP contribution in [0.25, 0.3) is 0 Å². The summed E-state index contributed by atoms with van der Waals surface area (Å²) in [6.07, 6.45) is -0.848. The Morgan fingerprint density at radius 3 is 2.71 bits per heavy atom. The molecule has 0 spiro atoms. The summed E-state index contributed by atoms with van der Waals surface area (Å²) in [7, 11) is 0. The van der Waals surface area contributed by atoms with Crippen LogP contribution >= 0.6 is 11.3 Å². The van der Waals surface area contributed by atoms with Gasteiger partial charge < -0.3 is 9.84 Å². The first-order valence-corrected chi connectivity index (χ1v) is 7.22. The van der Waals surface area contributed by atoms with E-state index in [1.54, 1.807) is 18.3 Å². The number of aliphatic hydroxyl groups excluding tert-OH is 1. The van der Waals surface area contributed by atoms with Crippen molar-refractivity contribution in [2.24, 2.45) is 0 Å². The van der Waals surface area contributed by atoms with Crippen LogP contribution in [0.2, 0.25) is 0 Å². The fraction of sp³-hybridized carbons (Fsp3) is 0.357. The molecule has 0 aliphatic carbocycles. The van der Waals surface area contributed by atoms with Crippen molar-refractivity contribution >= 4 is 17.0 Å². The molecule has 0 saturated carbocycles. The second-order valence-electron chi connectivity index (χ2n) is 4.69. The highest BCUT2D eigenvalue weighted by molar-refractivity contribution is 7.11. The first kappa shape index (κ1) is 15.4. The van der Waals surface area contributed by atoms with Gasteiger partial charge in [0.2, 0.25) is 0 Å². The lowest BCUT2D eigenvalue weighted by molar-refractivity contribution is -0.385. The Morgan fingerprint density at radius 2 is 2.19 bits per heavy atom. The zero-order valence-corrected chi connectivity index (χ0v) is 12.8. The molecule has 1 aromatic heterocycles. The molecule has 21 heavy (non-hydrogen) atoms. The first-order chi connectivity index (χ1) is 9.88. The van der Waals surface area contributed by atoms with E-state index >= 15 is 0 Å². The van der Waals surface area contributed by atoms with Gasteiger partial charge in [0.1, 0.15) is 17.4 Å². The molecule has 0 bridgehead atoms. The molecule has 0 aliphatic heterocycles. The lowest BCUT2D eigenvalue weighted by Crippen LogP contribution is -2.02. The summed E-state index contributed by atoms with van der Waals surface area (Å²) < 4.78 is 5.65. The third-order valence-corrected chi connectivity index (χ3v) is 4.12. The molecule has 6 nitrogen and oxygen atoms in total. The molecule has 1 aromatic carbocycles. The second kappa shape index (κ2) is 6.19. The maximum atomic E-state index is 10.8. The van der Waals surface area contributed by atoms with Crippen LogP contribution in [0.4, 0.5) is 5.69 Å². The number of benzene rings is 1. The van der Waals surface area contributed by atoms with Gasteiger partial charge in [0, 0.05) is 22.6 Å². The number of aliphatic hydroxyl groups is 1. The average Bonchev–Trinajstić information content (AvgIpc) is 2.75. The van der Waals surface area contributed by atoms with Crippen molar-refractivity contribution in [2.45, 2.75) is 33.5 Å². The maximum Gasteiger partial charge on any atom is 0.270 e. The molecular weight excluding hydrogens is 292 g/mol. The minimum Gasteiger partial charge on any atom is -0.486 e. The number of hydrogen-bond donors (Lipinski definition) is 1. The van der Waals surface area contributed by atoms with E-state index in [0.717, 1.165) is 15.6 Å². The molecule has 0 aliphatic rings. The number of rotatable bonds is 5. The molecule has 0 unspecified atom stereocenters. The van der Waals surface area contributed by atoms with E-state index in [9.17, 15) is 15.2 Å². The Balaban J connectivity index is 2.21. The zero-order valence-electron chi connectivity index (χ0n) is 12.0. The lowest BCUT2D eigenvalue weighted by atomic mass is 10.1. The summed E-state index contributed by atoms with van der Waals surface area (Å²) in [5.74, 6) is 0.432. The Morgan fingerprint density at radius 1 is 1.48 bits per heavy atom. The number of nitro groups is 1. The number of ether oxygens (including phenoxy) is 1. The molecule has 7 heteroatoms. The average molecular weight is 308 g/mol. The Hall–Kier alpha value is -1.99. The first-order valence-electron chi connectivity index (χ1n) is 6.40. The third kappa shape index (κ3) is 3.56. The number of nitro benzene ring substituents is 1. The summed E-state index contributed by atoms with van der Waals surface area (Å²) in [6, 6.07) is 4.20. The Labute approximate surface area is 126 Å². The van der Waals surface area contributed by atoms with Crippen LogP contribution in [0, 0.1) is 24.0 Å². The standard InChI is InChI=1S/C14H16N2O4S/c1-8-10(3)21-14(15-8)7-20-13-5-4-11(16(18)19)6-12(13)9(2)17/h4-6,9,17H,7H2,1-3H3/t9-/m1/s1. The summed E-state index contributed by atoms with van der Waals surface area (Å²) in [5, 5.41) is 21.4. The SMILES string of the molecule is Cc1nc(COc2ccc([N+](=O)[O-])cc2[C@@H](C)O)sc1C. The molecule has 1 heterocycles. The largest absolute Gasteiger partial charge is 0.486 e. The topological polar surface area (TPSA) is 85.5 Å². The molecule has 1 N–H and O–H groups in total. The third-order valence-electron chi connectivity index (χ3n) is 3.08. The summed E-state index contributed by atoms with van der Waals surface area (Å²) in [6.45, 7) is 5.74. The highest BCUT2D eigenvalue weighted by Crippen LogP contribution is 2.30. The highest BCUT2D eigenvalue weighted by Gasteiger charge is 2.16. The van der Waals surface area contributed by atoms with E-state index in [0.29, 0.717) is 11.3 Å². The molecule has 0 radical (unpaired) electrons. The van der Waals surface area contributed by atoms with E-state index in [4.69, 9.17) is 4.74 Å². The molecule has 1 atom stereocenters. The van der Waals surface area contributed by atoms with Crippen molar-refractivity contribution in [1.29, 1.82) is 0 Å². The molecule has 2 rings (SSSR count). The number of aryl methyl sites for hydroxylation is 2. The number of nitrogens with zero attached hydrogens (tertiary/aromatic N) is 2. The van der Waals surface area contributed by atoms with Gasteiger partial charge in [0.15, 0.2) is 0 Å². The Kier molecular flexibility index (Phi) is 4.54. The molecular formula is C14H16N2O4S. The van der Waals surface area contributed by atoms with Gasteiger partial charge in [-0.1, -0.05) is 0 Å². The van der Waals surface area contributed by atoms with Crippen molar-refractivity contribution in [3.05, 3.63) is 49.5 Å². The van der Waals surface area contributed by atoms with Gasteiger partial charge in [-0.2, -0.15) is 0 Å². The van der Waals surface area contributed by atoms with E-state index in [1.165, 1.54) is 18.2 Å². The van der Waals surface area contributed by atoms with Crippen LogP contribution in [-0.2, 0) is 6.61 Å². The smallest absolute Gasteiger partial charge is 0.270 e. The summed E-state index contributed by atoms with van der Waals surface area (Å²) in [5.41, 5.74) is 1.30. The van der Waals surface area contributed by atoms with Crippen LogP contribution in [0.5, 0.6) is 5.75 Å². The highest BCUT2D eigenvalue weighted by atomic mass is 32.1. The van der Waals surface area contributed by atoms with Crippen LogP contribution < -0.4 is 4.74 Å². The van der Waals surface area contributed by atoms with Gasteiger partial charge in [-0.05, 0) is 26.8 Å². The maximum absolute atomic E-state index is 10.8.